The number of nitrogens with one attached hydrogen (secondary N) is 3. The zero-order valence-electron chi connectivity index (χ0n) is 22.6. The summed E-state index contributed by atoms with van der Waals surface area (Å²) in [6, 6.07) is 8.64. The van der Waals surface area contributed by atoms with Crippen LogP contribution >= 0.6 is 23.2 Å². The van der Waals surface area contributed by atoms with E-state index in [1.54, 1.807) is 0 Å². The maximum absolute atomic E-state index is 15.3. The number of hydrogen-bond donors (Lipinski definition) is 3. The average molecular weight is 668 g/mol. The lowest BCUT2D eigenvalue weighted by molar-refractivity contribution is -0.211. The van der Waals surface area contributed by atoms with E-state index in [-0.39, 0.29) is 33.3 Å². The fourth-order valence-electron chi connectivity index (χ4n) is 3.50. The third-order valence-electron chi connectivity index (χ3n) is 6.14. The maximum Gasteiger partial charge on any atom is 0.402 e. The highest BCUT2D eigenvalue weighted by atomic mass is 35.5. The van der Waals surface area contributed by atoms with Crippen molar-refractivity contribution in [3.63, 3.8) is 0 Å². The van der Waals surface area contributed by atoms with Gasteiger partial charge in [0.05, 0.1) is 21.2 Å². The van der Waals surface area contributed by atoms with E-state index in [1.165, 1.54) is 6.07 Å². The van der Waals surface area contributed by atoms with E-state index in [1.807, 2.05) is 5.32 Å². The predicted octanol–water partition coefficient (Wildman–Crippen LogP) is 7.62. The van der Waals surface area contributed by atoms with Crippen molar-refractivity contribution in [3.05, 3.63) is 86.9 Å². The number of carbonyl (C=O) groups is 3. The van der Waals surface area contributed by atoms with Crippen LogP contribution in [0.4, 0.5) is 42.1 Å². The lowest BCUT2D eigenvalue weighted by atomic mass is 9.91. The number of alkyl halides is 5. The Hall–Kier alpha value is -4.04. The van der Waals surface area contributed by atoms with Crippen molar-refractivity contribution in [3.8, 4) is 5.75 Å². The molecule has 0 fully saturated rings. The molecule has 0 saturated heterocycles. The molecule has 0 spiro atoms. The second-order valence-corrected chi connectivity index (χ2v) is 10.5. The molecule has 16 heteroatoms. The Bertz CT molecular complexity index is 1580. The van der Waals surface area contributed by atoms with Crippen LogP contribution in [-0.2, 0) is 11.3 Å². The Morgan fingerprint density at radius 3 is 2.09 bits per heavy atom. The monoisotopic (exact) mass is 667 g/mol. The SMILES string of the molecule is CC(C)(C(=O)NCc1ccc(Cl)c(C(=O)Nc2ccc(OCC(F)F)c(C(=O)Nc3ccc(F)c(Cl)c3)c2)c1F)C(F)(F)F. The van der Waals surface area contributed by atoms with Gasteiger partial charge in [-0.05, 0) is 56.3 Å². The summed E-state index contributed by atoms with van der Waals surface area (Å²) >= 11 is 11.7. The van der Waals surface area contributed by atoms with Gasteiger partial charge in [0.25, 0.3) is 18.2 Å². The van der Waals surface area contributed by atoms with Crippen LogP contribution in [0.5, 0.6) is 5.75 Å². The Kier molecular flexibility index (Phi) is 10.7. The number of rotatable bonds is 10. The molecule has 0 aliphatic heterocycles. The van der Waals surface area contributed by atoms with Gasteiger partial charge in [-0.25, -0.2) is 17.6 Å². The van der Waals surface area contributed by atoms with Crippen LogP contribution in [0, 0.1) is 17.0 Å². The number of anilines is 2. The molecule has 0 aliphatic carbocycles. The first-order valence-electron chi connectivity index (χ1n) is 12.4. The van der Waals surface area contributed by atoms with Crippen molar-refractivity contribution < 1.29 is 49.9 Å². The summed E-state index contributed by atoms with van der Waals surface area (Å²) in [4.78, 5) is 38.1. The number of halogens is 9. The highest BCUT2D eigenvalue weighted by Gasteiger charge is 2.52. The smallest absolute Gasteiger partial charge is 0.402 e. The molecule has 0 aliphatic rings. The highest BCUT2D eigenvalue weighted by Crippen LogP contribution is 2.37. The number of carbonyl (C=O) groups excluding carboxylic acids is 3. The van der Waals surface area contributed by atoms with Gasteiger partial charge in [0.15, 0.2) is 0 Å². The second kappa shape index (κ2) is 13.7. The summed E-state index contributed by atoms with van der Waals surface area (Å²) in [7, 11) is 0. The molecule has 0 heterocycles. The normalized spacial score (nSPS) is 11.7. The minimum Gasteiger partial charge on any atom is -0.487 e. The van der Waals surface area contributed by atoms with Gasteiger partial charge < -0.3 is 20.7 Å². The Balaban J connectivity index is 1.87. The van der Waals surface area contributed by atoms with Crippen LogP contribution in [0.25, 0.3) is 0 Å². The molecule has 3 amide bonds. The van der Waals surface area contributed by atoms with E-state index in [0.717, 1.165) is 42.5 Å². The molecule has 0 atom stereocenters. The zero-order valence-corrected chi connectivity index (χ0v) is 24.2. The summed E-state index contributed by atoms with van der Waals surface area (Å²) in [5, 5.41) is 5.94. The molecule has 3 rings (SSSR count). The summed E-state index contributed by atoms with van der Waals surface area (Å²) in [6.45, 7) is -0.507. The standard InChI is InChI=1S/C28H22Cl2F7N3O4/c1-27(2,28(35,36)37)26(43)38-11-13-3-6-17(29)22(23(13)34)25(42)40-14-5-8-20(44-12-21(32)33)16(9-14)24(41)39-15-4-7-19(31)18(30)10-15/h3-10,21H,11-12H2,1-2H3,(H,38,43)(H,39,41)(H,40,42). The Labute approximate surface area is 255 Å². The van der Waals surface area contributed by atoms with E-state index in [9.17, 15) is 40.7 Å². The molecule has 236 valence electrons. The van der Waals surface area contributed by atoms with Gasteiger partial charge in [0.1, 0.15) is 29.4 Å². The average Bonchev–Trinajstić information content (AvgIpc) is 2.93. The molecular formula is C28H22Cl2F7N3O4. The zero-order chi connectivity index (χ0) is 33.0. The molecule has 3 aromatic rings. The van der Waals surface area contributed by atoms with Gasteiger partial charge in [-0.15, -0.1) is 0 Å². The van der Waals surface area contributed by atoms with Crippen LogP contribution < -0.4 is 20.7 Å². The number of hydrogen-bond acceptors (Lipinski definition) is 4. The van der Waals surface area contributed by atoms with Gasteiger partial charge in [-0.3, -0.25) is 14.4 Å². The maximum atomic E-state index is 15.3. The van der Waals surface area contributed by atoms with Gasteiger partial charge in [-0.2, -0.15) is 13.2 Å². The van der Waals surface area contributed by atoms with Gasteiger partial charge in [0, 0.05) is 23.5 Å². The first kappa shape index (κ1) is 34.5. The first-order chi connectivity index (χ1) is 20.4. The number of amides is 3. The minimum atomic E-state index is -4.89. The van der Waals surface area contributed by atoms with Crippen molar-refractivity contribution >= 4 is 52.3 Å². The molecule has 0 saturated carbocycles. The second-order valence-electron chi connectivity index (χ2n) is 9.65. The molecule has 0 unspecified atom stereocenters. The van der Waals surface area contributed by atoms with Crippen LogP contribution in [0.3, 0.4) is 0 Å². The van der Waals surface area contributed by atoms with E-state index in [0.29, 0.717) is 13.8 Å². The molecule has 44 heavy (non-hydrogen) atoms. The Morgan fingerprint density at radius 2 is 1.48 bits per heavy atom. The molecule has 3 N–H and O–H groups in total. The van der Waals surface area contributed by atoms with E-state index < -0.39 is 71.1 Å². The van der Waals surface area contributed by atoms with Crippen molar-refractivity contribution in [2.24, 2.45) is 5.41 Å². The molecule has 3 aromatic carbocycles. The molecule has 0 radical (unpaired) electrons. The minimum absolute atomic E-state index is 0.0343. The van der Waals surface area contributed by atoms with Crippen LogP contribution in [0.15, 0.2) is 48.5 Å². The largest absolute Gasteiger partial charge is 0.487 e. The summed E-state index contributed by atoms with van der Waals surface area (Å²) in [5.74, 6) is -5.86. The van der Waals surface area contributed by atoms with Crippen molar-refractivity contribution in [2.45, 2.75) is 33.0 Å². The van der Waals surface area contributed by atoms with Crippen LogP contribution in [-0.4, -0.2) is 36.9 Å². The first-order valence-corrected chi connectivity index (χ1v) is 13.1. The fraction of sp³-hybridized carbons (Fsp3) is 0.250. The fourth-order valence-corrected chi connectivity index (χ4v) is 3.91. The molecule has 0 bridgehead atoms. The number of ether oxygens (including phenoxy) is 1. The molecular weight excluding hydrogens is 646 g/mol. The summed E-state index contributed by atoms with van der Waals surface area (Å²) in [5.41, 5.74) is -4.36. The summed E-state index contributed by atoms with van der Waals surface area (Å²) < 4.78 is 98.8. The highest BCUT2D eigenvalue weighted by molar-refractivity contribution is 6.34. The van der Waals surface area contributed by atoms with E-state index in [2.05, 4.69) is 10.6 Å². The topological polar surface area (TPSA) is 96.5 Å². The van der Waals surface area contributed by atoms with Crippen LogP contribution in [0.1, 0.15) is 40.1 Å². The number of benzene rings is 3. The third-order valence-corrected chi connectivity index (χ3v) is 6.74. The van der Waals surface area contributed by atoms with E-state index >= 15 is 4.39 Å². The van der Waals surface area contributed by atoms with E-state index in [4.69, 9.17) is 27.9 Å². The lowest BCUT2D eigenvalue weighted by Gasteiger charge is -2.26. The van der Waals surface area contributed by atoms with Crippen molar-refractivity contribution in [1.82, 2.24) is 5.32 Å². The van der Waals surface area contributed by atoms with Crippen molar-refractivity contribution in [2.75, 3.05) is 17.2 Å². The van der Waals surface area contributed by atoms with Crippen LogP contribution in [0.2, 0.25) is 10.0 Å². The summed E-state index contributed by atoms with van der Waals surface area (Å²) in [6.07, 6.45) is -7.79. The molecule has 0 aromatic heterocycles. The third kappa shape index (κ3) is 8.11. The molecule has 7 nitrogen and oxygen atoms in total. The lowest BCUT2D eigenvalue weighted by Crippen LogP contribution is -2.46. The van der Waals surface area contributed by atoms with Gasteiger partial charge >= 0.3 is 6.18 Å². The Morgan fingerprint density at radius 1 is 0.864 bits per heavy atom. The predicted molar refractivity (Wildman–Crippen MR) is 148 cm³/mol. The van der Waals surface area contributed by atoms with Gasteiger partial charge in [0.2, 0.25) is 5.91 Å². The van der Waals surface area contributed by atoms with Crippen molar-refractivity contribution in [1.29, 1.82) is 0 Å². The quantitative estimate of drug-likeness (QED) is 0.194. The van der Waals surface area contributed by atoms with Gasteiger partial charge in [-0.1, -0.05) is 29.3 Å².